The molecule has 1 aromatic carbocycles. The Bertz CT molecular complexity index is 1580. The van der Waals surface area contributed by atoms with Crippen LogP contribution in [0.3, 0.4) is 0 Å². The van der Waals surface area contributed by atoms with Gasteiger partial charge in [0, 0.05) is 24.3 Å². The van der Waals surface area contributed by atoms with E-state index in [4.69, 9.17) is 11.6 Å². The van der Waals surface area contributed by atoms with Crippen LogP contribution in [0.4, 0.5) is 4.79 Å². The molecule has 1 saturated heterocycles. The van der Waals surface area contributed by atoms with Crippen LogP contribution in [0.5, 0.6) is 0 Å². The summed E-state index contributed by atoms with van der Waals surface area (Å²) in [7, 11) is -4.02. The molecular weight excluding hydrogens is 516 g/mol. The lowest BCUT2D eigenvalue weighted by Gasteiger charge is -2.44. The lowest BCUT2D eigenvalue weighted by molar-refractivity contribution is 0.0408. The summed E-state index contributed by atoms with van der Waals surface area (Å²) in [5.41, 5.74) is 0.858. The summed E-state index contributed by atoms with van der Waals surface area (Å²) in [6.07, 6.45) is 4.92. The van der Waals surface area contributed by atoms with Crippen molar-refractivity contribution in [3.05, 3.63) is 60.3 Å². The fourth-order valence-electron chi connectivity index (χ4n) is 5.01. The predicted molar refractivity (Wildman–Crippen MR) is 139 cm³/mol. The summed E-state index contributed by atoms with van der Waals surface area (Å²) in [6.45, 7) is 6.48. The van der Waals surface area contributed by atoms with Gasteiger partial charge in [-0.3, -0.25) is 4.68 Å². The number of piperidine rings is 1. The molecule has 12 heteroatoms. The number of hydrogen-bond acceptors (Lipinski definition) is 6. The quantitative estimate of drug-likeness (QED) is 0.363. The third-order valence-corrected chi connectivity index (χ3v) is 8.90. The van der Waals surface area contributed by atoms with Gasteiger partial charge in [0.25, 0.3) is 10.0 Å². The number of carboxylic acid groups (broad SMARTS) is 1. The highest BCUT2D eigenvalue weighted by Gasteiger charge is 2.39. The van der Waals surface area contributed by atoms with Crippen molar-refractivity contribution >= 4 is 38.8 Å². The highest BCUT2D eigenvalue weighted by atomic mass is 35.5. The number of carbonyl (C=O) groups is 1. The fourth-order valence-corrected chi connectivity index (χ4v) is 6.69. The van der Waals surface area contributed by atoms with Crippen LogP contribution in [0.25, 0.3) is 22.3 Å². The highest BCUT2D eigenvalue weighted by Crippen LogP contribution is 2.38. The number of amides is 1. The third kappa shape index (κ3) is 4.46. The van der Waals surface area contributed by atoms with E-state index >= 15 is 0 Å². The maximum Gasteiger partial charge on any atom is 0.407 e. The van der Waals surface area contributed by atoms with E-state index in [0.717, 1.165) is 0 Å². The molecule has 194 valence electrons. The maximum absolute atomic E-state index is 13.7. The second-order valence-corrected chi connectivity index (χ2v) is 12.4. The van der Waals surface area contributed by atoms with E-state index in [9.17, 15) is 18.3 Å². The number of nitrogens with zero attached hydrogens (tertiary/aromatic N) is 6. The molecule has 3 aromatic heterocycles. The first-order valence-electron chi connectivity index (χ1n) is 11.8. The number of fused-ring (bicyclic) bond motifs is 1. The molecule has 0 bridgehead atoms. The average Bonchev–Trinajstić information content (AvgIpc) is 3.50. The van der Waals surface area contributed by atoms with Crippen LogP contribution >= 0.6 is 11.6 Å². The number of aromatic nitrogens is 5. The molecule has 2 atom stereocenters. The van der Waals surface area contributed by atoms with Gasteiger partial charge in [0.15, 0.2) is 5.65 Å². The Hall–Kier alpha value is -3.44. The Balaban J connectivity index is 1.59. The first-order chi connectivity index (χ1) is 17.5. The zero-order valence-electron chi connectivity index (χ0n) is 20.6. The first kappa shape index (κ1) is 25.2. The minimum Gasteiger partial charge on any atom is -0.465 e. The average molecular weight is 543 g/mol. The van der Waals surface area contributed by atoms with Crippen LogP contribution in [0, 0.1) is 5.41 Å². The van der Waals surface area contributed by atoms with Crippen molar-refractivity contribution in [2.75, 3.05) is 6.54 Å². The molecule has 0 saturated carbocycles. The molecule has 5 rings (SSSR count). The van der Waals surface area contributed by atoms with Gasteiger partial charge >= 0.3 is 6.09 Å². The zero-order valence-corrected chi connectivity index (χ0v) is 22.2. The van der Waals surface area contributed by atoms with Crippen molar-refractivity contribution in [2.45, 2.75) is 50.6 Å². The molecule has 1 aliphatic rings. The van der Waals surface area contributed by atoms with E-state index in [0.29, 0.717) is 36.0 Å². The monoisotopic (exact) mass is 542 g/mol. The lowest BCUT2D eigenvalue weighted by atomic mass is 9.79. The standard InChI is InChI=1S/C25H27ClN6O4S/c1-25(2,3)21-11-17(9-10-30(21)24(33)34)31-14-16(13-29-31)20-12-19-22(26)27-15-28-23(19)32(20)37(35,36)18-7-5-4-6-8-18/h4-8,12-15,17,21H,9-11H2,1-3H3,(H,33,34). The van der Waals surface area contributed by atoms with E-state index in [2.05, 4.69) is 15.1 Å². The van der Waals surface area contributed by atoms with Crippen LogP contribution in [0.15, 0.2) is 60.0 Å². The minimum atomic E-state index is -4.02. The highest BCUT2D eigenvalue weighted by molar-refractivity contribution is 7.90. The molecule has 37 heavy (non-hydrogen) atoms. The summed E-state index contributed by atoms with van der Waals surface area (Å²) in [6, 6.07) is 9.55. The molecule has 10 nitrogen and oxygen atoms in total. The molecule has 0 radical (unpaired) electrons. The summed E-state index contributed by atoms with van der Waals surface area (Å²) < 4.78 is 30.5. The topological polar surface area (TPSA) is 123 Å². The van der Waals surface area contributed by atoms with E-state index in [1.54, 1.807) is 41.3 Å². The summed E-state index contributed by atoms with van der Waals surface area (Å²) in [5, 5.41) is 14.8. The predicted octanol–water partition coefficient (Wildman–Crippen LogP) is 4.91. The SMILES string of the molecule is CC(C)(C)C1CC(n2cc(-c3cc4c(Cl)ncnc4n3S(=O)(=O)c3ccccc3)cn2)CCN1C(=O)O. The van der Waals surface area contributed by atoms with Gasteiger partial charge in [0.05, 0.1) is 28.2 Å². The molecule has 1 N–H and O–H groups in total. The Morgan fingerprint density at radius 3 is 2.57 bits per heavy atom. The van der Waals surface area contributed by atoms with E-state index in [1.165, 1.54) is 27.3 Å². The van der Waals surface area contributed by atoms with Crippen molar-refractivity contribution in [3.8, 4) is 11.3 Å². The second-order valence-electron chi connectivity index (χ2n) is 10.3. The van der Waals surface area contributed by atoms with Crippen molar-refractivity contribution in [1.29, 1.82) is 0 Å². The van der Waals surface area contributed by atoms with Gasteiger partial charge < -0.3 is 10.0 Å². The summed E-state index contributed by atoms with van der Waals surface area (Å²) in [5.74, 6) is 0. The van der Waals surface area contributed by atoms with Gasteiger partial charge in [0.2, 0.25) is 0 Å². The van der Waals surface area contributed by atoms with Gasteiger partial charge in [-0.15, -0.1) is 0 Å². The number of benzene rings is 1. The molecule has 4 aromatic rings. The third-order valence-electron chi connectivity index (χ3n) is 6.88. The molecule has 4 heterocycles. The van der Waals surface area contributed by atoms with E-state index in [1.807, 2.05) is 20.8 Å². The maximum atomic E-state index is 13.7. The van der Waals surface area contributed by atoms with Gasteiger partial charge in [0.1, 0.15) is 11.5 Å². The molecular formula is C25H27ClN6O4S. The van der Waals surface area contributed by atoms with Crippen molar-refractivity contribution in [1.82, 2.24) is 28.6 Å². The molecule has 2 unspecified atom stereocenters. The molecule has 1 amide bonds. The Morgan fingerprint density at radius 2 is 1.89 bits per heavy atom. The van der Waals surface area contributed by atoms with Crippen LogP contribution in [0.2, 0.25) is 5.15 Å². The number of hydrogen-bond donors (Lipinski definition) is 1. The zero-order chi connectivity index (χ0) is 26.5. The molecule has 0 spiro atoms. The summed E-state index contributed by atoms with van der Waals surface area (Å²) >= 11 is 6.32. The Labute approximate surface area is 219 Å². The normalized spacial score (nSPS) is 18.9. The van der Waals surface area contributed by atoms with Crippen LogP contribution < -0.4 is 0 Å². The van der Waals surface area contributed by atoms with E-state index < -0.39 is 16.1 Å². The molecule has 0 aliphatic carbocycles. The largest absolute Gasteiger partial charge is 0.465 e. The molecule has 1 fully saturated rings. The van der Waals surface area contributed by atoms with Gasteiger partial charge in [-0.1, -0.05) is 50.6 Å². The fraction of sp³-hybridized carbons (Fsp3) is 0.360. The van der Waals surface area contributed by atoms with Crippen LogP contribution in [0.1, 0.15) is 39.7 Å². The summed E-state index contributed by atoms with van der Waals surface area (Å²) in [4.78, 5) is 21.7. The van der Waals surface area contributed by atoms with Crippen molar-refractivity contribution < 1.29 is 18.3 Å². The Kier molecular flexibility index (Phi) is 6.23. The van der Waals surface area contributed by atoms with Crippen LogP contribution in [-0.4, -0.2) is 60.8 Å². The number of likely N-dealkylation sites (tertiary alicyclic amines) is 1. The first-order valence-corrected chi connectivity index (χ1v) is 13.7. The lowest BCUT2D eigenvalue weighted by Crippen LogP contribution is -2.51. The molecule has 1 aliphatic heterocycles. The van der Waals surface area contributed by atoms with Crippen LogP contribution in [-0.2, 0) is 10.0 Å². The smallest absolute Gasteiger partial charge is 0.407 e. The Morgan fingerprint density at radius 1 is 1.16 bits per heavy atom. The number of halogens is 1. The van der Waals surface area contributed by atoms with Gasteiger partial charge in [-0.25, -0.2) is 27.2 Å². The van der Waals surface area contributed by atoms with Crippen molar-refractivity contribution in [3.63, 3.8) is 0 Å². The number of rotatable bonds is 4. The second kappa shape index (κ2) is 9.14. The minimum absolute atomic E-state index is 0.0412. The van der Waals surface area contributed by atoms with E-state index in [-0.39, 0.29) is 33.2 Å². The van der Waals surface area contributed by atoms with Gasteiger partial charge in [-0.05, 0) is 36.5 Å². The van der Waals surface area contributed by atoms with Gasteiger partial charge in [-0.2, -0.15) is 5.10 Å². The van der Waals surface area contributed by atoms with Crippen molar-refractivity contribution in [2.24, 2.45) is 5.41 Å².